The molecule has 1 N–H and O–H groups in total. The lowest BCUT2D eigenvalue weighted by Crippen LogP contribution is -2.57. The quantitative estimate of drug-likeness (QED) is 0.727. The highest BCUT2D eigenvalue weighted by Crippen LogP contribution is 2.42. The van der Waals surface area contributed by atoms with Crippen molar-refractivity contribution in [3.05, 3.63) is 54.3 Å². The van der Waals surface area contributed by atoms with E-state index < -0.39 is 27.8 Å². The van der Waals surface area contributed by atoms with E-state index in [0.29, 0.717) is 30.8 Å². The summed E-state index contributed by atoms with van der Waals surface area (Å²) in [5, 5.41) is 2.91. The van der Waals surface area contributed by atoms with Crippen molar-refractivity contribution in [1.82, 2.24) is 4.31 Å². The number of fused-ring (bicyclic) bond motifs is 3. The lowest BCUT2D eigenvalue weighted by molar-refractivity contribution is -0.125. The maximum Gasteiger partial charge on any atom is 0.246 e. The number of hydrogen-bond acceptors (Lipinski definition) is 4. The van der Waals surface area contributed by atoms with Crippen molar-refractivity contribution < 1.29 is 22.3 Å². The van der Waals surface area contributed by atoms with Crippen LogP contribution in [0.25, 0.3) is 0 Å². The topological polar surface area (TPSA) is 75.7 Å². The number of piperidine rings is 2. The van der Waals surface area contributed by atoms with Crippen molar-refractivity contribution in [2.75, 3.05) is 11.9 Å². The van der Waals surface area contributed by atoms with Crippen LogP contribution in [0.15, 0.2) is 53.4 Å². The van der Waals surface area contributed by atoms with Crippen LogP contribution >= 0.6 is 0 Å². The highest BCUT2D eigenvalue weighted by Gasteiger charge is 2.49. The van der Waals surface area contributed by atoms with E-state index in [-0.39, 0.29) is 22.8 Å². The largest absolute Gasteiger partial charge is 0.491 e. The first-order valence-corrected chi connectivity index (χ1v) is 12.0. The first-order chi connectivity index (χ1) is 14.8. The Labute approximate surface area is 182 Å². The third-order valence-electron chi connectivity index (χ3n) is 5.98. The van der Waals surface area contributed by atoms with Crippen LogP contribution in [0, 0.1) is 17.7 Å². The van der Waals surface area contributed by atoms with Crippen molar-refractivity contribution in [3.63, 3.8) is 0 Å². The van der Waals surface area contributed by atoms with E-state index in [1.54, 1.807) is 24.3 Å². The van der Waals surface area contributed by atoms with Crippen molar-refractivity contribution in [2.24, 2.45) is 11.8 Å². The van der Waals surface area contributed by atoms with Gasteiger partial charge in [-0.1, -0.05) is 12.1 Å². The van der Waals surface area contributed by atoms with Crippen molar-refractivity contribution >= 4 is 21.6 Å². The smallest absolute Gasteiger partial charge is 0.246 e. The molecule has 3 atom stereocenters. The Balaban J connectivity index is 1.52. The molecule has 31 heavy (non-hydrogen) atoms. The van der Waals surface area contributed by atoms with Gasteiger partial charge >= 0.3 is 0 Å². The van der Waals surface area contributed by atoms with Gasteiger partial charge in [0, 0.05) is 18.3 Å². The molecule has 8 heteroatoms. The Morgan fingerprint density at radius 2 is 1.84 bits per heavy atom. The molecule has 1 saturated carbocycles. The monoisotopic (exact) mass is 446 g/mol. The van der Waals surface area contributed by atoms with Gasteiger partial charge in [0.15, 0.2) is 0 Å². The predicted octanol–water partition coefficient (Wildman–Crippen LogP) is 4.04. The summed E-state index contributed by atoms with van der Waals surface area (Å²) in [5.74, 6) is -0.647. The minimum absolute atomic E-state index is 0.0561. The second-order valence-electron chi connectivity index (χ2n) is 8.54. The summed E-state index contributed by atoms with van der Waals surface area (Å²) in [4.78, 5) is 12.7. The molecular weight excluding hydrogens is 419 g/mol. The molecule has 1 amide bonds. The van der Waals surface area contributed by atoms with Crippen LogP contribution in [-0.2, 0) is 14.8 Å². The van der Waals surface area contributed by atoms with Crippen LogP contribution in [0.3, 0.4) is 0 Å². The molecule has 0 radical (unpaired) electrons. The molecule has 2 heterocycles. The zero-order chi connectivity index (χ0) is 22.2. The predicted molar refractivity (Wildman–Crippen MR) is 116 cm³/mol. The Kier molecular flexibility index (Phi) is 6.03. The van der Waals surface area contributed by atoms with E-state index in [1.165, 1.54) is 22.5 Å². The normalized spacial score (nSPS) is 23.7. The first-order valence-electron chi connectivity index (χ1n) is 10.6. The standard InChI is InChI=1S/C23H27FN2O4S/c1-15(2)30-18-10-8-17(9-11-18)25-23(27)19-13-16-7-12-21(19)26(14-16)31(28,29)22-6-4-3-5-20(22)24/h3-6,8-11,15-16,19,21H,7,12-14H2,1-2H3,(H,25,27)/t16-,19-,21-/m1/s1. The van der Waals surface area contributed by atoms with Gasteiger partial charge in [-0.2, -0.15) is 4.31 Å². The van der Waals surface area contributed by atoms with Gasteiger partial charge in [-0.25, -0.2) is 12.8 Å². The molecule has 2 aromatic rings. The van der Waals surface area contributed by atoms with Gasteiger partial charge in [-0.05, 0) is 75.4 Å². The van der Waals surface area contributed by atoms with Crippen LogP contribution in [-0.4, -0.2) is 37.3 Å². The molecule has 3 fully saturated rings. The number of benzene rings is 2. The Hall–Kier alpha value is -2.45. The highest BCUT2D eigenvalue weighted by atomic mass is 32.2. The molecule has 2 saturated heterocycles. The maximum atomic E-state index is 14.2. The Morgan fingerprint density at radius 1 is 1.13 bits per heavy atom. The SMILES string of the molecule is CC(C)Oc1ccc(NC(=O)[C@@H]2C[C@H]3CC[C@H]2N(S(=O)(=O)c2ccccc2F)C3)cc1. The molecule has 2 aromatic carbocycles. The van der Waals surface area contributed by atoms with Crippen molar-refractivity contribution in [3.8, 4) is 5.75 Å². The molecule has 6 nitrogen and oxygen atoms in total. The number of halogens is 1. The molecule has 5 rings (SSSR count). The zero-order valence-electron chi connectivity index (χ0n) is 17.6. The Bertz CT molecular complexity index is 1060. The summed E-state index contributed by atoms with van der Waals surface area (Å²) < 4.78 is 47.6. The van der Waals surface area contributed by atoms with Crippen LogP contribution in [0.4, 0.5) is 10.1 Å². The fourth-order valence-electron chi connectivity index (χ4n) is 4.60. The lowest BCUT2D eigenvalue weighted by Gasteiger charge is -2.48. The third kappa shape index (κ3) is 4.45. The summed E-state index contributed by atoms with van der Waals surface area (Å²) in [5.41, 5.74) is 0.631. The number of carbonyl (C=O) groups is 1. The molecule has 0 unspecified atom stereocenters. The third-order valence-corrected chi connectivity index (χ3v) is 7.91. The van der Waals surface area contributed by atoms with Gasteiger partial charge in [0.25, 0.3) is 0 Å². The second kappa shape index (κ2) is 8.59. The van der Waals surface area contributed by atoms with Gasteiger partial charge in [0.05, 0.1) is 12.0 Å². The number of sulfonamides is 1. The second-order valence-corrected chi connectivity index (χ2v) is 10.4. The van der Waals surface area contributed by atoms with Gasteiger partial charge < -0.3 is 10.1 Å². The summed E-state index contributed by atoms with van der Waals surface area (Å²) in [6, 6.07) is 12.0. The van der Waals surface area contributed by atoms with E-state index in [1.807, 2.05) is 13.8 Å². The van der Waals surface area contributed by atoms with E-state index in [4.69, 9.17) is 4.74 Å². The first kappa shape index (κ1) is 21.8. The van der Waals surface area contributed by atoms with E-state index in [9.17, 15) is 17.6 Å². The molecule has 2 bridgehead atoms. The van der Waals surface area contributed by atoms with Gasteiger partial charge in [0.1, 0.15) is 16.5 Å². The molecular formula is C23H27FN2O4S. The number of amides is 1. The number of rotatable bonds is 6. The number of nitrogens with zero attached hydrogens (tertiary/aromatic N) is 1. The average Bonchev–Trinajstić information content (AvgIpc) is 2.75. The van der Waals surface area contributed by atoms with Gasteiger partial charge in [-0.15, -0.1) is 0 Å². The van der Waals surface area contributed by atoms with Gasteiger partial charge in [0.2, 0.25) is 15.9 Å². The van der Waals surface area contributed by atoms with Crippen LogP contribution in [0.1, 0.15) is 33.1 Å². The van der Waals surface area contributed by atoms with Crippen LogP contribution in [0.2, 0.25) is 0 Å². The maximum absolute atomic E-state index is 14.2. The molecule has 3 aliphatic rings. The van der Waals surface area contributed by atoms with Crippen LogP contribution in [0.5, 0.6) is 5.75 Å². The van der Waals surface area contributed by atoms with E-state index in [2.05, 4.69) is 5.32 Å². The minimum Gasteiger partial charge on any atom is -0.491 e. The fourth-order valence-corrected chi connectivity index (χ4v) is 6.44. The van der Waals surface area contributed by atoms with E-state index >= 15 is 0 Å². The lowest BCUT2D eigenvalue weighted by atomic mass is 9.73. The van der Waals surface area contributed by atoms with E-state index in [0.717, 1.165) is 12.5 Å². The molecule has 0 spiro atoms. The van der Waals surface area contributed by atoms with Crippen molar-refractivity contribution in [2.45, 2.75) is 50.2 Å². The summed E-state index contributed by atoms with van der Waals surface area (Å²) >= 11 is 0. The number of nitrogens with one attached hydrogen (secondary N) is 1. The number of hydrogen-bond donors (Lipinski definition) is 1. The summed E-state index contributed by atoms with van der Waals surface area (Å²) in [7, 11) is -4.02. The molecule has 166 valence electrons. The Morgan fingerprint density at radius 3 is 2.48 bits per heavy atom. The highest BCUT2D eigenvalue weighted by molar-refractivity contribution is 7.89. The molecule has 2 aliphatic heterocycles. The fraction of sp³-hybridized carbons (Fsp3) is 0.435. The zero-order valence-corrected chi connectivity index (χ0v) is 18.4. The number of anilines is 1. The van der Waals surface area contributed by atoms with Gasteiger partial charge in [-0.3, -0.25) is 4.79 Å². The minimum atomic E-state index is -4.02. The summed E-state index contributed by atoms with van der Waals surface area (Å²) in [6.07, 6.45) is 2.16. The average molecular weight is 447 g/mol. The summed E-state index contributed by atoms with van der Waals surface area (Å²) in [6.45, 7) is 4.20. The molecule has 1 aliphatic carbocycles. The van der Waals surface area contributed by atoms with Crippen LogP contribution < -0.4 is 10.1 Å². The van der Waals surface area contributed by atoms with Crippen molar-refractivity contribution in [1.29, 1.82) is 0 Å². The molecule has 0 aromatic heterocycles. The number of carbonyl (C=O) groups excluding carboxylic acids is 1. The number of ether oxygens (including phenoxy) is 1.